The van der Waals surface area contributed by atoms with Gasteiger partial charge in [0.1, 0.15) is 0 Å². The van der Waals surface area contributed by atoms with E-state index in [4.69, 9.17) is 0 Å². The van der Waals surface area contributed by atoms with Crippen LogP contribution in [0.25, 0.3) is 0 Å². The Balaban J connectivity index is 1.38. The van der Waals surface area contributed by atoms with Crippen LogP contribution in [0.5, 0.6) is 5.75 Å². The summed E-state index contributed by atoms with van der Waals surface area (Å²) in [5.74, 6) is 0.586. The van der Waals surface area contributed by atoms with Crippen molar-refractivity contribution in [1.82, 2.24) is 0 Å². The van der Waals surface area contributed by atoms with Crippen molar-refractivity contribution < 1.29 is 26.7 Å². The van der Waals surface area contributed by atoms with Crippen LogP contribution in [-0.2, 0) is 0 Å². The molecule has 31 heavy (non-hydrogen) atoms. The van der Waals surface area contributed by atoms with Gasteiger partial charge in [0.15, 0.2) is 11.6 Å². The molecule has 0 heterocycles. The Morgan fingerprint density at radius 2 is 1.52 bits per heavy atom. The number of hydrogen-bond donors (Lipinski definition) is 0. The fourth-order valence-corrected chi connectivity index (χ4v) is 5.26. The lowest BCUT2D eigenvalue weighted by Crippen LogP contribution is -2.18. The van der Waals surface area contributed by atoms with Crippen LogP contribution in [-0.4, -0.2) is 13.0 Å². The largest absolute Gasteiger partial charge is 0.573 e. The molecule has 6 heteroatoms. The molecule has 2 aliphatic carbocycles. The highest BCUT2D eigenvalue weighted by atomic mass is 19.4. The van der Waals surface area contributed by atoms with E-state index in [-0.39, 0.29) is 12.6 Å². The molecule has 0 N–H and O–H groups in total. The van der Waals surface area contributed by atoms with E-state index in [0.717, 1.165) is 43.2 Å². The Kier molecular flexibility index (Phi) is 8.79. The van der Waals surface area contributed by atoms with Gasteiger partial charge in [0.2, 0.25) is 0 Å². The van der Waals surface area contributed by atoms with Crippen molar-refractivity contribution >= 4 is 0 Å². The van der Waals surface area contributed by atoms with Gasteiger partial charge >= 0.3 is 6.36 Å². The maximum Gasteiger partial charge on any atom is 0.573 e. The van der Waals surface area contributed by atoms with Crippen molar-refractivity contribution in [3.63, 3.8) is 0 Å². The molecule has 174 valence electrons. The Labute approximate surface area is 182 Å². The van der Waals surface area contributed by atoms with Gasteiger partial charge in [-0.15, -0.1) is 13.2 Å². The average molecular weight is 445 g/mol. The van der Waals surface area contributed by atoms with Crippen LogP contribution in [0.15, 0.2) is 30.4 Å². The van der Waals surface area contributed by atoms with E-state index in [0.29, 0.717) is 18.3 Å². The lowest BCUT2D eigenvalue weighted by molar-refractivity contribution is -0.275. The van der Waals surface area contributed by atoms with Gasteiger partial charge in [-0.05, 0) is 99.2 Å². The lowest BCUT2D eigenvalue weighted by Gasteiger charge is -2.31. The summed E-state index contributed by atoms with van der Waals surface area (Å²) in [6.45, 7) is -0.277. The van der Waals surface area contributed by atoms with E-state index in [1.54, 1.807) is 6.07 Å². The molecule has 0 atom stereocenters. The first-order valence-corrected chi connectivity index (χ1v) is 11.6. The van der Waals surface area contributed by atoms with Crippen LogP contribution in [0.4, 0.5) is 22.0 Å². The average Bonchev–Trinajstić information content (AvgIpc) is 2.74. The highest BCUT2D eigenvalue weighted by molar-refractivity contribution is 5.31. The monoisotopic (exact) mass is 444 g/mol. The molecule has 1 aromatic carbocycles. The fraction of sp³-hybridized carbons (Fsp3) is 0.680. The minimum absolute atomic E-state index is 0.206. The van der Waals surface area contributed by atoms with Gasteiger partial charge in [-0.3, -0.25) is 4.39 Å². The molecule has 0 spiro atoms. The summed E-state index contributed by atoms with van der Waals surface area (Å²) >= 11 is 0. The van der Waals surface area contributed by atoms with E-state index in [1.807, 2.05) is 6.08 Å². The molecule has 2 fully saturated rings. The summed E-state index contributed by atoms with van der Waals surface area (Å²) in [5.41, 5.74) is 0.768. The zero-order valence-corrected chi connectivity index (χ0v) is 18.0. The fourth-order valence-electron chi connectivity index (χ4n) is 5.26. The van der Waals surface area contributed by atoms with Crippen LogP contribution in [0.3, 0.4) is 0 Å². The maximum atomic E-state index is 14.0. The molecule has 1 nitrogen and oxygen atoms in total. The highest BCUT2D eigenvalue weighted by Crippen LogP contribution is 2.40. The summed E-state index contributed by atoms with van der Waals surface area (Å²) < 4.78 is 66.8. The molecule has 0 saturated heterocycles. The second-order valence-corrected chi connectivity index (χ2v) is 9.22. The molecule has 0 radical (unpaired) electrons. The quantitative estimate of drug-likeness (QED) is 0.288. The normalized spacial score (nSPS) is 27.5. The number of allylic oxidation sites excluding steroid dienone is 2. The van der Waals surface area contributed by atoms with Gasteiger partial charge in [0, 0.05) is 0 Å². The predicted molar refractivity (Wildman–Crippen MR) is 112 cm³/mol. The van der Waals surface area contributed by atoms with Crippen molar-refractivity contribution in [2.45, 2.75) is 82.9 Å². The molecule has 0 aliphatic heterocycles. The minimum atomic E-state index is -4.88. The van der Waals surface area contributed by atoms with Crippen molar-refractivity contribution in [2.75, 3.05) is 6.67 Å². The minimum Gasteiger partial charge on any atom is -0.403 e. The van der Waals surface area contributed by atoms with Gasteiger partial charge in [0.05, 0.1) is 6.67 Å². The van der Waals surface area contributed by atoms with Crippen LogP contribution in [0.1, 0.15) is 82.1 Å². The lowest BCUT2D eigenvalue weighted by atomic mass is 9.74. The van der Waals surface area contributed by atoms with Crippen molar-refractivity contribution in [3.8, 4) is 5.75 Å². The summed E-state index contributed by atoms with van der Waals surface area (Å²) in [6.07, 6.45) is 11.3. The Morgan fingerprint density at radius 3 is 2.06 bits per heavy atom. The second kappa shape index (κ2) is 11.3. The molecule has 2 aliphatic rings. The van der Waals surface area contributed by atoms with E-state index in [1.165, 1.54) is 44.6 Å². The summed E-state index contributed by atoms with van der Waals surface area (Å²) in [7, 11) is 0. The third kappa shape index (κ3) is 7.80. The molecular weight excluding hydrogens is 411 g/mol. The zero-order valence-electron chi connectivity index (χ0n) is 18.0. The van der Waals surface area contributed by atoms with Crippen molar-refractivity contribution in [3.05, 3.63) is 41.7 Å². The SMILES string of the molecule is FCCC=C[C@H]1CC[C@H](CC[C@H]2CC[C@H](c3ccc(OC(F)(F)F)c(F)c3)CC2)CC1. The number of benzene rings is 1. The van der Waals surface area contributed by atoms with Crippen LogP contribution < -0.4 is 4.74 Å². The zero-order chi connectivity index (χ0) is 22.3. The summed E-state index contributed by atoms with van der Waals surface area (Å²) in [4.78, 5) is 0. The van der Waals surface area contributed by atoms with Crippen LogP contribution in [0, 0.1) is 23.6 Å². The molecule has 0 unspecified atom stereocenters. The van der Waals surface area contributed by atoms with Crippen LogP contribution >= 0.6 is 0 Å². The number of ether oxygens (including phenoxy) is 1. The maximum absolute atomic E-state index is 14.0. The Morgan fingerprint density at radius 1 is 0.903 bits per heavy atom. The summed E-state index contributed by atoms with van der Waals surface area (Å²) in [6, 6.07) is 3.86. The Hall–Kier alpha value is -1.59. The first-order valence-electron chi connectivity index (χ1n) is 11.6. The number of hydrogen-bond acceptors (Lipinski definition) is 1. The molecule has 0 bridgehead atoms. The van der Waals surface area contributed by atoms with Gasteiger partial charge in [-0.25, -0.2) is 4.39 Å². The van der Waals surface area contributed by atoms with Crippen molar-refractivity contribution in [1.29, 1.82) is 0 Å². The third-order valence-electron chi connectivity index (χ3n) is 7.06. The topological polar surface area (TPSA) is 9.23 Å². The Bertz CT molecular complexity index is 698. The second-order valence-electron chi connectivity index (χ2n) is 9.22. The van der Waals surface area contributed by atoms with E-state index in [2.05, 4.69) is 10.8 Å². The molecule has 2 saturated carbocycles. The summed E-state index contributed by atoms with van der Waals surface area (Å²) in [5, 5.41) is 0. The van der Waals surface area contributed by atoms with E-state index in [9.17, 15) is 22.0 Å². The van der Waals surface area contributed by atoms with E-state index >= 15 is 0 Å². The van der Waals surface area contributed by atoms with Gasteiger partial charge in [-0.2, -0.15) is 0 Å². The predicted octanol–water partition coefficient (Wildman–Crippen LogP) is 8.50. The molecule has 3 rings (SSSR count). The number of halogens is 5. The van der Waals surface area contributed by atoms with Crippen LogP contribution in [0.2, 0.25) is 0 Å². The van der Waals surface area contributed by atoms with E-state index < -0.39 is 17.9 Å². The van der Waals surface area contributed by atoms with Gasteiger partial charge in [0.25, 0.3) is 0 Å². The number of alkyl halides is 4. The first-order chi connectivity index (χ1) is 14.8. The molecule has 0 aromatic heterocycles. The standard InChI is InChI=1S/C25H33F5O/c26-16-2-1-3-18-4-6-19(7-5-18)8-9-20-10-12-21(13-11-20)22-14-15-24(23(27)17-22)31-25(28,29)30/h1,3,14-15,17-21H,2,4-13,16H2/t18-,19-,20-,21-. The molecule has 0 amide bonds. The molecular formula is C25H33F5O. The van der Waals surface area contributed by atoms with Gasteiger partial charge in [-0.1, -0.05) is 31.1 Å². The third-order valence-corrected chi connectivity index (χ3v) is 7.06. The first kappa shape index (κ1) is 24.1. The number of rotatable bonds is 8. The highest BCUT2D eigenvalue weighted by Gasteiger charge is 2.33. The smallest absolute Gasteiger partial charge is 0.403 e. The molecule has 1 aromatic rings. The van der Waals surface area contributed by atoms with Crippen molar-refractivity contribution in [2.24, 2.45) is 17.8 Å². The van der Waals surface area contributed by atoms with Gasteiger partial charge < -0.3 is 4.74 Å².